The molecule has 1 atom stereocenters. The van der Waals surface area contributed by atoms with Crippen LogP contribution in [0, 0.1) is 0 Å². The number of benzene rings is 1. The van der Waals surface area contributed by atoms with Crippen molar-refractivity contribution < 1.29 is 14.3 Å². The molecule has 36 heavy (non-hydrogen) atoms. The summed E-state index contributed by atoms with van der Waals surface area (Å²) in [6, 6.07) is 9.57. The molecule has 3 aromatic heterocycles. The first kappa shape index (κ1) is 23.5. The van der Waals surface area contributed by atoms with Gasteiger partial charge in [0.25, 0.3) is 0 Å². The Hall–Kier alpha value is -4.21. The third kappa shape index (κ3) is 4.66. The van der Waals surface area contributed by atoms with E-state index in [4.69, 9.17) is 9.72 Å². The summed E-state index contributed by atoms with van der Waals surface area (Å²) in [5.41, 5.74) is 4.46. The van der Waals surface area contributed by atoms with Crippen LogP contribution in [-0.4, -0.2) is 49.5 Å². The molecule has 0 aliphatic carbocycles. The fourth-order valence-electron chi connectivity index (χ4n) is 4.77. The molecule has 1 aromatic carbocycles. The van der Waals surface area contributed by atoms with E-state index in [1.165, 1.54) is 7.11 Å². The van der Waals surface area contributed by atoms with Gasteiger partial charge in [-0.25, -0.2) is 9.78 Å². The van der Waals surface area contributed by atoms with E-state index in [0.717, 1.165) is 46.5 Å². The molecule has 0 unspecified atom stereocenters. The predicted molar refractivity (Wildman–Crippen MR) is 134 cm³/mol. The standard InChI is InChI=1S/C26H29N7O3/c1-18-6-7-20-21(33(18)26(35)36-2)8-9-22-25(20)30-23(10-14-31-13-4-12-29-31)32(22)17-24(34)28-16-19-5-3-11-27-15-19/h3-5,8-9,11-13,15,18H,6-7,10,14,16-17H2,1-2H3,(H,28,34)/t18-/m0/s1. The number of carbonyl (C=O) groups is 2. The first-order valence-electron chi connectivity index (χ1n) is 12.1. The number of fused-ring (bicyclic) bond motifs is 3. The number of methoxy groups -OCH3 is 1. The van der Waals surface area contributed by atoms with Gasteiger partial charge >= 0.3 is 6.09 Å². The minimum atomic E-state index is -0.379. The van der Waals surface area contributed by atoms with E-state index in [0.29, 0.717) is 19.5 Å². The Bertz CT molecular complexity index is 1370. The van der Waals surface area contributed by atoms with Crippen molar-refractivity contribution in [1.82, 2.24) is 29.6 Å². The summed E-state index contributed by atoms with van der Waals surface area (Å²) in [5.74, 6) is 0.690. The van der Waals surface area contributed by atoms with Crippen LogP contribution in [-0.2, 0) is 42.0 Å². The molecular weight excluding hydrogens is 458 g/mol. The molecule has 5 rings (SSSR count). The number of pyridine rings is 1. The Morgan fingerprint density at radius 1 is 1.19 bits per heavy atom. The van der Waals surface area contributed by atoms with Gasteiger partial charge in [-0.1, -0.05) is 6.07 Å². The molecule has 1 aliphatic rings. The lowest BCUT2D eigenvalue weighted by Crippen LogP contribution is -2.42. The Kier molecular flexibility index (Phi) is 6.66. The number of amides is 2. The first-order valence-corrected chi connectivity index (χ1v) is 12.1. The second-order valence-corrected chi connectivity index (χ2v) is 8.93. The number of hydrogen-bond donors (Lipinski definition) is 1. The third-order valence-electron chi connectivity index (χ3n) is 6.60. The van der Waals surface area contributed by atoms with E-state index in [1.807, 2.05) is 52.7 Å². The van der Waals surface area contributed by atoms with Gasteiger partial charge in [0.1, 0.15) is 12.4 Å². The largest absolute Gasteiger partial charge is 0.452 e. The van der Waals surface area contributed by atoms with Crippen LogP contribution in [0.4, 0.5) is 10.5 Å². The summed E-state index contributed by atoms with van der Waals surface area (Å²) in [6.45, 7) is 3.20. The maximum Gasteiger partial charge on any atom is 0.414 e. The van der Waals surface area contributed by atoms with Crippen LogP contribution in [0.1, 0.15) is 30.3 Å². The molecule has 186 valence electrons. The molecule has 4 heterocycles. The molecule has 1 aliphatic heterocycles. The van der Waals surface area contributed by atoms with Crippen LogP contribution in [0.15, 0.2) is 55.1 Å². The zero-order valence-electron chi connectivity index (χ0n) is 20.4. The van der Waals surface area contributed by atoms with Gasteiger partial charge in [0.2, 0.25) is 5.91 Å². The highest BCUT2D eigenvalue weighted by molar-refractivity contribution is 5.95. The fraction of sp³-hybridized carbons (Fsp3) is 0.346. The number of carbonyl (C=O) groups excluding carboxylic acids is 2. The summed E-state index contributed by atoms with van der Waals surface area (Å²) in [6.07, 6.45) is 8.93. The van der Waals surface area contributed by atoms with Crippen molar-refractivity contribution in [2.45, 2.75) is 51.9 Å². The van der Waals surface area contributed by atoms with Gasteiger partial charge in [-0.15, -0.1) is 0 Å². The highest BCUT2D eigenvalue weighted by Gasteiger charge is 2.31. The van der Waals surface area contributed by atoms with E-state index >= 15 is 0 Å². The van der Waals surface area contributed by atoms with Crippen LogP contribution in [0.5, 0.6) is 0 Å². The third-order valence-corrected chi connectivity index (χ3v) is 6.60. The number of nitrogens with one attached hydrogen (secondary N) is 1. The fourth-order valence-corrected chi connectivity index (χ4v) is 4.77. The van der Waals surface area contributed by atoms with Crippen LogP contribution in [0.3, 0.4) is 0 Å². The summed E-state index contributed by atoms with van der Waals surface area (Å²) < 4.78 is 8.87. The minimum absolute atomic E-state index is 0.0297. The zero-order valence-corrected chi connectivity index (χ0v) is 20.4. The smallest absolute Gasteiger partial charge is 0.414 e. The molecule has 4 aromatic rings. The van der Waals surface area contributed by atoms with Crippen LogP contribution in [0.25, 0.3) is 11.0 Å². The SMILES string of the molecule is COC(=O)N1c2ccc3c(nc(CCn4cccn4)n3CC(=O)NCc3cccnc3)c2CC[C@@H]1C. The van der Waals surface area contributed by atoms with Crippen LogP contribution < -0.4 is 10.2 Å². The second kappa shape index (κ2) is 10.2. The van der Waals surface area contributed by atoms with E-state index in [9.17, 15) is 9.59 Å². The van der Waals surface area contributed by atoms with Crippen LogP contribution >= 0.6 is 0 Å². The number of anilines is 1. The van der Waals surface area contributed by atoms with Gasteiger partial charge < -0.3 is 14.6 Å². The van der Waals surface area contributed by atoms with Gasteiger partial charge in [0.05, 0.1) is 23.8 Å². The predicted octanol–water partition coefficient (Wildman–Crippen LogP) is 3.09. The number of aryl methyl sites for hydroxylation is 3. The number of hydrogen-bond acceptors (Lipinski definition) is 6. The molecule has 0 fully saturated rings. The summed E-state index contributed by atoms with van der Waals surface area (Å²) in [7, 11) is 1.40. The maximum absolute atomic E-state index is 13.0. The van der Waals surface area contributed by atoms with Crippen molar-refractivity contribution >= 4 is 28.7 Å². The molecule has 0 saturated carbocycles. The van der Waals surface area contributed by atoms with Gasteiger partial charge in [0.15, 0.2) is 0 Å². The molecule has 1 N–H and O–H groups in total. The summed E-state index contributed by atoms with van der Waals surface area (Å²) in [5, 5.41) is 7.27. The van der Waals surface area contributed by atoms with E-state index in [-0.39, 0.29) is 24.6 Å². The average molecular weight is 488 g/mol. The second-order valence-electron chi connectivity index (χ2n) is 8.93. The number of aromatic nitrogens is 5. The Labute approximate surface area is 208 Å². The van der Waals surface area contributed by atoms with E-state index < -0.39 is 0 Å². The van der Waals surface area contributed by atoms with E-state index in [1.54, 1.807) is 23.5 Å². The lowest BCUT2D eigenvalue weighted by atomic mass is 9.96. The minimum Gasteiger partial charge on any atom is -0.452 e. The Morgan fingerprint density at radius 3 is 2.83 bits per heavy atom. The monoisotopic (exact) mass is 487 g/mol. The normalized spacial score (nSPS) is 15.1. The number of nitrogens with zero attached hydrogens (tertiary/aromatic N) is 6. The van der Waals surface area contributed by atoms with Crippen molar-refractivity contribution in [2.24, 2.45) is 0 Å². The Morgan fingerprint density at radius 2 is 2.08 bits per heavy atom. The number of ether oxygens (including phenoxy) is 1. The highest BCUT2D eigenvalue weighted by Crippen LogP contribution is 2.36. The van der Waals surface area contributed by atoms with Gasteiger partial charge in [-0.3, -0.25) is 19.4 Å². The molecule has 0 radical (unpaired) electrons. The number of imidazole rings is 1. The molecule has 0 saturated heterocycles. The maximum atomic E-state index is 13.0. The summed E-state index contributed by atoms with van der Waals surface area (Å²) >= 11 is 0. The number of rotatable bonds is 7. The topological polar surface area (TPSA) is 107 Å². The Balaban J connectivity index is 1.48. The molecule has 0 spiro atoms. The first-order chi connectivity index (χ1) is 17.5. The molecular formula is C26H29N7O3. The van der Waals surface area contributed by atoms with Crippen molar-refractivity contribution in [3.05, 3.63) is 72.1 Å². The van der Waals surface area contributed by atoms with Gasteiger partial charge in [-0.2, -0.15) is 5.10 Å². The highest BCUT2D eigenvalue weighted by atomic mass is 16.5. The van der Waals surface area contributed by atoms with Crippen molar-refractivity contribution in [3.63, 3.8) is 0 Å². The zero-order chi connectivity index (χ0) is 25.1. The molecule has 10 heteroatoms. The van der Waals surface area contributed by atoms with Gasteiger partial charge in [-0.05, 0) is 49.6 Å². The lowest BCUT2D eigenvalue weighted by molar-refractivity contribution is -0.121. The van der Waals surface area contributed by atoms with Crippen molar-refractivity contribution in [3.8, 4) is 0 Å². The molecule has 10 nitrogen and oxygen atoms in total. The molecule has 2 amide bonds. The molecule has 0 bridgehead atoms. The average Bonchev–Trinajstić information content (AvgIpc) is 3.54. The van der Waals surface area contributed by atoms with Crippen molar-refractivity contribution in [1.29, 1.82) is 0 Å². The van der Waals surface area contributed by atoms with Crippen LogP contribution in [0.2, 0.25) is 0 Å². The van der Waals surface area contributed by atoms with E-state index in [2.05, 4.69) is 15.4 Å². The quantitative estimate of drug-likeness (QED) is 0.429. The van der Waals surface area contributed by atoms with Gasteiger partial charge in [0, 0.05) is 55.9 Å². The summed E-state index contributed by atoms with van der Waals surface area (Å²) in [4.78, 5) is 36.3. The lowest BCUT2D eigenvalue weighted by Gasteiger charge is -2.34. The van der Waals surface area contributed by atoms with Crippen molar-refractivity contribution in [2.75, 3.05) is 12.0 Å².